The fraction of sp³-hybridized carbons (Fsp3) is 0.250. The van der Waals surface area contributed by atoms with E-state index in [-0.39, 0.29) is 5.78 Å². The highest BCUT2D eigenvalue weighted by Crippen LogP contribution is 2.11. The van der Waals surface area contributed by atoms with Crippen LogP contribution in [0.2, 0.25) is 0 Å². The molecule has 0 saturated carbocycles. The maximum Gasteiger partial charge on any atom is 0.216 e. The molecule has 31 heavy (non-hydrogen) atoms. The largest absolute Gasteiger partial charge is 0.319 e. The van der Waals surface area contributed by atoms with Crippen molar-refractivity contribution in [3.05, 3.63) is 120 Å². The number of likely N-dealkylation sites (N-methyl/N-ethyl adjacent to an activating group) is 1. The Balaban J connectivity index is 1.57. The molecule has 0 bridgehead atoms. The van der Waals surface area contributed by atoms with Crippen molar-refractivity contribution in [1.29, 1.82) is 0 Å². The lowest BCUT2D eigenvalue weighted by Crippen LogP contribution is -2.44. The van der Waals surface area contributed by atoms with Crippen LogP contribution in [0.1, 0.15) is 21.5 Å². The molecular formula is C28H33N2O+. The van der Waals surface area contributed by atoms with Gasteiger partial charge in [-0.25, -0.2) is 0 Å². The van der Waals surface area contributed by atoms with Crippen LogP contribution in [0.5, 0.6) is 0 Å². The highest BCUT2D eigenvalue weighted by atomic mass is 16.1. The van der Waals surface area contributed by atoms with E-state index in [1.807, 2.05) is 30.3 Å². The third kappa shape index (κ3) is 7.97. The molecule has 3 aromatic carbocycles. The van der Waals surface area contributed by atoms with Crippen molar-refractivity contribution in [3.63, 3.8) is 0 Å². The Bertz CT molecular complexity index is 909. The summed E-state index contributed by atoms with van der Waals surface area (Å²) in [5.74, 6) is 0.189. The summed E-state index contributed by atoms with van der Waals surface area (Å²) in [6, 6.07) is 30.8. The van der Waals surface area contributed by atoms with E-state index in [4.69, 9.17) is 0 Å². The zero-order valence-corrected chi connectivity index (χ0v) is 18.7. The Hall–Kier alpha value is -3.01. The van der Waals surface area contributed by atoms with Gasteiger partial charge in [-0.2, -0.15) is 0 Å². The Kier molecular flexibility index (Phi) is 8.34. The summed E-state index contributed by atoms with van der Waals surface area (Å²) in [6.45, 7) is 4.00. The SMILES string of the molecule is C[N+](C)(C/C=C/CN(Cc1ccccc1)Cc1ccccc1)CC(=O)c1ccccc1. The van der Waals surface area contributed by atoms with E-state index < -0.39 is 0 Å². The van der Waals surface area contributed by atoms with Gasteiger partial charge in [0.25, 0.3) is 0 Å². The summed E-state index contributed by atoms with van der Waals surface area (Å²) in [6.07, 6.45) is 4.44. The van der Waals surface area contributed by atoms with E-state index in [0.29, 0.717) is 11.0 Å². The average Bonchev–Trinajstić information content (AvgIpc) is 2.78. The van der Waals surface area contributed by atoms with E-state index in [2.05, 4.69) is 91.8 Å². The Morgan fingerprint density at radius 3 is 1.74 bits per heavy atom. The number of carbonyl (C=O) groups excluding carboxylic acids is 1. The highest BCUT2D eigenvalue weighted by Gasteiger charge is 2.19. The normalized spacial score (nSPS) is 11.8. The average molecular weight is 414 g/mol. The number of carbonyl (C=O) groups is 1. The molecule has 3 heteroatoms. The zero-order chi connectivity index (χ0) is 21.9. The fourth-order valence-corrected chi connectivity index (χ4v) is 3.62. The molecule has 0 aliphatic carbocycles. The minimum Gasteiger partial charge on any atom is -0.319 e. The minimum absolute atomic E-state index is 0.189. The molecule has 0 aliphatic rings. The van der Waals surface area contributed by atoms with Gasteiger partial charge in [0.15, 0.2) is 0 Å². The van der Waals surface area contributed by atoms with Crippen molar-refractivity contribution in [3.8, 4) is 0 Å². The van der Waals surface area contributed by atoms with Crippen molar-refractivity contribution in [1.82, 2.24) is 4.90 Å². The number of quaternary nitrogens is 1. The van der Waals surface area contributed by atoms with Crippen molar-refractivity contribution in [2.45, 2.75) is 13.1 Å². The summed E-state index contributed by atoms with van der Waals surface area (Å²) in [5.41, 5.74) is 3.42. The molecule has 0 amide bonds. The fourth-order valence-electron chi connectivity index (χ4n) is 3.62. The molecule has 0 N–H and O–H groups in total. The molecule has 3 rings (SSSR count). The predicted molar refractivity (Wildman–Crippen MR) is 129 cm³/mol. The van der Waals surface area contributed by atoms with E-state index in [1.165, 1.54) is 11.1 Å². The van der Waals surface area contributed by atoms with Crippen LogP contribution in [0.25, 0.3) is 0 Å². The van der Waals surface area contributed by atoms with E-state index in [1.54, 1.807) is 0 Å². The molecule has 0 aromatic heterocycles. The molecule has 0 atom stereocenters. The topological polar surface area (TPSA) is 20.3 Å². The number of ketones is 1. The molecule has 0 saturated heterocycles. The molecule has 3 aromatic rings. The monoisotopic (exact) mass is 413 g/mol. The van der Waals surface area contributed by atoms with Gasteiger partial charge in [0.1, 0.15) is 6.54 Å². The first-order valence-corrected chi connectivity index (χ1v) is 10.9. The summed E-state index contributed by atoms with van der Waals surface area (Å²) in [7, 11) is 4.22. The summed E-state index contributed by atoms with van der Waals surface area (Å²) in [4.78, 5) is 15.0. The van der Waals surface area contributed by atoms with Crippen LogP contribution < -0.4 is 0 Å². The van der Waals surface area contributed by atoms with Crippen molar-refractivity contribution in [2.75, 3.05) is 33.7 Å². The first-order valence-electron chi connectivity index (χ1n) is 10.9. The van der Waals surface area contributed by atoms with Gasteiger partial charge in [-0.3, -0.25) is 9.69 Å². The lowest BCUT2D eigenvalue weighted by atomic mass is 10.1. The number of benzene rings is 3. The summed E-state index contributed by atoms with van der Waals surface area (Å²) < 4.78 is 0.640. The van der Waals surface area contributed by atoms with Gasteiger partial charge in [0.2, 0.25) is 5.78 Å². The van der Waals surface area contributed by atoms with Gasteiger partial charge < -0.3 is 4.48 Å². The number of hydrogen-bond donors (Lipinski definition) is 0. The van der Waals surface area contributed by atoms with E-state index >= 15 is 0 Å². The molecule has 0 heterocycles. The molecule has 0 fully saturated rings. The molecule has 160 valence electrons. The molecule has 0 spiro atoms. The van der Waals surface area contributed by atoms with Crippen LogP contribution in [0.4, 0.5) is 0 Å². The highest BCUT2D eigenvalue weighted by molar-refractivity contribution is 5.96. The summed E-state index contributed by atoms with van der Waals surface area (Å²) >= 11 is 0. The first kappa shape index (κ1) is 22.7. The molecule has 0 radical (unpaired) electrons. The third-order valence-corrected chi connectivity index (χ3v) is 5.30. The number of rotatable bonds is 11. The van der Waals surface area contributed by atoms with Gasteiger partial charge in [-0.1, -0.05) is 97.1 Å². The minimum atomic E-state index is 0.189. The molecule has 0 unspecified atom stereocenters. The van der Waals surface area contributed by atoms with E-state index in [0.717, 1.165) is 31.7 Å². The number of Topliss-reactive ketones (excluding diaryl/α,β-unsaturated/α-hetero) is 1. The first-order chi connectivity index (χ1) is 15.0. The lowest BCUT2D eigenvalue weighted by molar-refractivity contribution is -0.875. The van der Waals surface area contributed by atoms with Crippen molar-refractivity contribution < 1.29 is 9.28 Å². The van der Waals surface area contributed by atoms with Crippen LogP contribution in [-0.2, 0) is 13.1 Å². The smallest absolute Gasteiger partial charge is 0.216 e. The molecular weight excluding hydrogens is 380 g/mol. The zero-order valence-electron chi connectivity index (χ0n) is 18.7. The second kappa shape index (κ2) is 11.4. The standard InChI is InChI=1S/C28H33N2O/c1-30(2,24-28(31)27-18-10-5-11-19-27)21-13-12-20-29(22-25-14-6-3-7-15-25)23-26-16-8-4-9-17-26/h3-19H,20-24H2,1-2H3/q+1/b13-12+. The predicted octanol–water partition coefficient (Wildman–Crippen LogP) is 5.20. The maximum absolute atomic E-state index is 12.6. The quantitative estimate of drug-likeness (QED) is 0.244. The maximum atomic E-state index is 12.6. The summed E-state index contributed by atoms with van der Waals surface area (Å²) in [5, 5.41) is 0. The number of nitrogens with zero attached hydrogens (tertiary/aromatic N) is 2. The van der Waals surface area contributed by atoms with Gasteiger partial charge in [0, 0.05) is 25.2 Å². The van der Waals surface area contributed by atoms with Crippen LogP contribution in [-0.4, -0.2) is 48.9 Å². The van der Waals surface area contributed by atoms with Crippen LogP contribution >= 0.6 is 0 Å². The van der Waals surface area contributed by atoms with Crippen LogP contribution in [0, 0.1) is 0 Å². The lowest BCUT2D eigenvalue weighted by Gasteiger charge is -2.28. The van der Waals surface area contributed by atoms with Gasteiger partial charge in [0.05, 0.1) is 20.6 Å². The van der Waals surface area contributed by atoms with Crippen LogP contribution in [0.15, 0.2) is 103 Å². The van der Waals surface area contributed by atoms with Gasteiger partial charge in [-0.15, -0.1) is 0 Å². The third-order valence-electron chi connectivity index (χ3n) is 5.30. The Labute approximate surface area is 186 Å². The van der Waals surface area contributed by atoms with Gasteiger partial charge >= 0.3 is 0 Å². The molecule has 0 aliphatic heterocycles. The Morgan fingerprint density at radius 1 is 0.742 bits per heavy atom. The molecule has 3 nitrogen and oxygen atoms in total. The second-order valence-corrected chi connectivity index (χ2v) is 8.68. The van der Waals surface area contributed by atoms with Crippen LogP contribution in [0.3, 0.4) is 0 Å². The van der Waals surface area contributed by atoms with Gasteiger partial charge in [-0.05, 0) is 17.2 Å². The van der Waals surface area contributed by atoms with Crippen molar-refractivity contribution in [2.24, 2.45) is 0 Å². The number of hydrogen-bond acceptors (Lipinski definition) is 2. The van der Waals surface area contributed by atoms with Crippen molar-refractivity contribution >= 4 is 5.78 Å². The van der Waals surface area contributed by atoms with E-state index in [9.17, 15) is 4.79 Å². The second-order valence-electron chi connectivity index (χ2n) is 8.68. The Morgan fingerprint density at radius 2 is 1.23 bits per heavy atom.